The molecule has 0 radical (unpaired) electrons. The molecule has 0 fully saturated rings. The van der Waals surface area contributed by atoms with Crippen LogP contribution in [0.4, 0.5) is 11.6 Å². The zero-order chi connectivity index (χ0) is 21.8. The first-order chi connectivity index (χ1) is 15.0. The van der Waals surface area contributed by atoms with E-state index in [1.54, 1.807) is 36.3 Å². The van der Waals surface area contributed by atoms with Gasteiger partial charge in [-0.3, -0.25) is 14.5 Å². The Labute approximate surface area is 180 Å². The number of anilines is 2. The fourth-order valence-electron chi connectivity index (χ4n) is 3.31. The lowest BCUT2D eigenvalue weighted by atomic mass is 10.1. The van der Waals surface area contributed by atoms with Crippen LogP contribution in [0.5, 0.6) is 0 Å². The van der Waals surface area contributed by atoms with Crippen LogP contribution in [-0.2, 0) is 13.6 Å². The van der Waals surface area contributed by atoms with Gasteiger partial charge in [0.2, 0.25) is 5.95 Å². The Kier molecular flexibility index (Phi) is 5.70. The maximum atomic E-state index is 12.6. The summed E-state index contributed by atoms with van der Waals surface area (Å²) in [5.74, 6) is 0.240. The lowest BCUT2D eigenvalue weighted by Crippen LogP contribution is -2.25. The average Bonchev–Trinajstić information content (AvgIpc) is 3.14. The molecule has 0 bridgehead atoms. The van der Waals surface area contributed by atoms with Gasteiger partial charge in [0, 0.05) is 25.1 Å². The maximum Gasteiger partial charge on any atom is 0.269 e. The van der Waals surface area contributed by atoms with E-state index in [9.17, 15) is 4.79 Å². The number of carbonyl (C=O) groups is 1. The molecule has 31 heavy (non-hydrogen) atoms. The summed E-state index contributed by atoms with van der Waals surface area (Å²) < 4.78 is 1.54. The Bertz CT molecular complexity index is 1200. The minimum Gasteiger partial charge on any atom is -0.345 e. The highest BCUT2D eigenvalue weighted by molar-refractivity contribution is 5.93. The SMILES string of the molecule is Cc1cc(C)cc(Nc2nccc(-c3cc(C(=O)NCc4ccccn4)n(C)n3)n2)c1. The van der Waals surface area contributed by atoms with Gasteiger partial charge >= 0.3 is 0 Å². The number of amides is 1. The molecule has 1 amide bonds. The lowest BCUT2D eigenvalue weighted by Gasteiger charge is -2.07. The molecule has 8 nitrogen and oxygen atoms in total. The van der Waals surface area contributed by atoms with Crippen molar-refractivity contribution in [3.8, 4) is 11.4 Å². The zero-order valence-electron chi connectivity index (χ0n) is 17.6. The second kappa shape index (κ2) is 8.74. The number of rotatable bonds is 6. The minimum atomic E-state index is -0.227. The van der Waals surface area contributed by atoms with E-state index < -0.39 is 0 Å². The van der Waals surface area contributed by atoms with Crippen LogP contribution in [0.2, 0.25) is 0 Å². The third-order valence-corrected chi connectivity index (χ3v) is 4.66. The topological polar surface area (TPSA) is 97.6 Å². The number of carbonyl (C=O) groups excluding carboxylic acids is 1. The van der Waals surface area contributed by atoms with Gasteiger partial charge in [0.25, 0.3) is 5.91 Å². The number of hydrogen-bond donors (Lipinski definition) is 2. The number of pyridine rings is 1. The van der Waals surface area contributed by atoms with Crippen LogP contribution in [0.1, 0.15) is 27.3 Å². The van der Waals surface area contributed by atoms with E-state index in [1.807, 2.05) is 44.2 Å². The summed E-state index contributed by atoms with van der Waals surface area (Å²) in [6, 6.07) is 15.2. The van der Waals surface area contributed by atoms with Crippen LogP contribution in [0, 0.1) is 13.8 Å². The zero-order valence-corrected chi connectivity index (χ0v) is 17.6. The van der Waals surface area contributed by atoms with Crippen LogP contribution in [0.3, 0.4) is 0 Å². The molecule has 156 valence electrons. The molecule has 0 atom stereocenters. The first-order valence-corrected chi connectivity index (χ1v) is 9.89. The summed E-state index contributed by atoms with van der Waals surface area (Å²) in [6.07, 6.45) is 3.37. The number of nitrogens with zero attached hydrogens (tertiary/aromatic N) is 5. The third-order valence-electron chi connectivity index (χ3n) is 4.66. The van der Waals surface area contributed by atoms with Gasteiger partial charge in [-0.1, -0.05) is 12.1 Å². The van der Waals surface area contributed by atoms with Gasteiger partial charge in [-0.15, -0.1) is 0 Å². The van der Waals surface area contributed by atoms with Crippen LogP contribution >= 0.6 is 0 Å². The van der Waals surface area contributed by atoms with Crippen LogP contribution in [0.15, 0.2) is 60.9 Å². The average molecular weight is 413 g/mol. The van der Waals surface area contributed by atoms with Crippen LogP contribution < -0.4 is 10.6 Å². The third kappa shape index (κ3) is 4.92. The Morgan fingerprint density at radius 3 is 2.52 bits per heavy atom. The van der Waals surface area contributed by atoms with E-state index in [0.717, 1.165) is 22.5 Å². The molecule has 0 unspecified atom stereocenters. The molecule has 0 aliphatic carbocycles. The van der Waals surface area contributed by atoms with E-state index in [4.69, 9.17) is 0 Å². The van der Waals surface area contributed by atoms with Gasteiger partial charge in [-0.2, -0.15) is 5.10 Å². The van der Waals surface area contributed by atoms with Gasteiger partial charge in [0.1, 0.15) is 11.4 Å². The summed E-state index contributed by atoms with van der Waals surface area (Å²) in [7, 11) is 1.73. The molecular formula is C23H23N7O. The van der Waals surface area contributed by atoms with Gasteiger partial charge in [-0.25, -0.2) is 9.97 Å². The molecule has 0 aliphatic heterocycles. The highest BCUT2D eigenvalue weighted by atomic mass is 16.2. The van der Waals surface area contributed by atoms with E-state index in [0.29, 0.717) is 29.6 Å². The summed E-state index contributed by atoms with van der Waals surface area (Å²) in [5, 5.41) is 10.6. The van der Waals surface area contributed by atoms with Gasteiger partial charge in [0.05, 0.1) is 17.9 Å². The van der Waals surface area contributed by atoms with Crippen molar-refractivity contribution in [3.05, 3.63) is 83.4 Å². The van der Waals surface area contributed by atoms with Gasteiger partial charge in [0.15, 0.2) is 0 Å². The van der Waals surface area contributed by atoms with Crippen LogP contribution in [-0.4, -0.2) is 30.6 Å². The number of benzene rings is 1. The molecule has 0 saturated heterocycles. The quantitative estimate of drug-likeness (QED) is 0.502. The van der Waals surface area contributed by atoms with Crippen molar-refractivity contribution in [1.29, 1.82) is 0 Å². The summed E-state index contributed by atoms with van der Waals surface area (Å²) in [6.45, 7) is 4.44. The molecule has 8 heteroatoms. The van der Waals surface area contributed by atoms with Crippen molar-refractivity contribution in [2.75, 3.05) is 5.32 Å². The molecule has 0 aliphatic rings. The Balaban J connectivity index is 1.51. The first-order valence-electron chi connectivity index (χ1n) is 9.89. The summed E-state index contributed by atoms with van der Waals surface area (Å²) in [4.78, 5) is 25.7. The number of aromatic nitrogens is 5. The highest BCUT2D eigenvalue weighted by Crippen LogP contribution is 2.21. The summed E-state index contributed by atoms with van der Waals surface area (Å²) in [5.41, 5.74) is 5.68. The fraction of sp³-hybridized carbons (Fsp3) is 0.174. The van der Waals surface area contributed by atoms with E-state index in [1.165, 1.54) is 0 Å². The van der Waals surface area contributed by atoms with Crippen molar-refractivity contribution < 1.29 is 4.79 Å². The number of aryl methyl sites for hydroxylation is 3. The minimum absolute atomic E-state index is 0.227. The molecular weight excluding hydrogens is 390 g/mol. The molecule has 4 rings (SSSR count). The lowest BCUT2D eigenvalue weighted by molar-refractivity contribution is 0.0941. The van der Waals surface area contributed by atoms with Gasteiger partial charge in [-0.05, 0) is 61.4 Å². The molecule has 3 heterocycles. The number of nitrogens with one attached hydrogen (secondary N) is 2. The van der Waals surface area contributed by atoms with Crippen molar-refractivity contribution in [2.24, 2.45) is 7.05 Å². The second-order valence-electron chi connectivity index (χ2n) is 7.31. The standard InChI is InChI=1S/C23H23N7O/c1-15-10-16(2)12-18(11-15)27-23-25-9-7-19(28-23)20-13-21(30(3)29-20)22(31)26-14-17-6-4-5-8-24-17/h4-13H,14H2,1-3H3,(H,26,31)(H,25,27,28). The molecule has 3 aromatic heterocycles. The normalized spacial score (nSPS) is 10.7. The van der Waals surface area contributed by atoms with E-state index in [2.05, 4.69) is 36.8 Å². The Hall–Kier alpha value is -4.07. The Morgan fingerprint density at radius 1 is 0.968 bits per heavy atom. The molecule has 1 aromatic carbocycles. The van der Waals surface area contributed by atoms with Crippen molar-refractivity contribution in [3.63, 3.8) is 0 Å². The monoisotopic (exact) mass is 413 g/mol. The fourth-order valence-corrected chi connectivity index (χ4v) is 3.31. The van der Waals surface area contributed by atoms with Gasteiger partial charge < -0.3 is 10.6 Å². The maximum absolute atomic E-state index is 12.6. The Morgan fingerprint density at radius 2 is 1.77 bits per heavy atom. The van der Waals surface area contributed by atoms with Crippen molar-refractivity contribution in [1.82, 2.24) is 30.0 Å². The number of hydrogen-bond acceptors (Lipinski definition) is 6. The predicted octanol–water partition coefficient (Wildman–Crippen LogP) is 3.56. The highest BCUT2D eigenvalue weighted by Gasteiger charge is 2.15. The predicted molar refractivity (Wildman–Crippen MR) is 119 cm³/mol. The van der Waals surface area contributed by atoms with E-state index in [-0.39, 0.29) is 5.91 Å². The first kappa shape index (κ1) is 20.2. The second-order valence-corrected chi connectivity index (χ2v) is 7.31. The molecule has 0 spiro atoms. The molecule has 0 saturated carbocycles. The largest absolute Gasteiger partial charge is 0.345 e. The summed E-state index contributed by atoms with van der Waals surface area (Å²) >= 11 is 0. The van der Waals surface area contributed by atoms with Crippen molar-refractivity contribution in [2.45, 2.75) is 20.4 Å². The van der Waals surface area contributed by atoms with E-state index >= 15 is 0 Å². The molecule has 4 aromatic rings. The molecule has 2 N–H and O–H groups in total. The smallest absolute Gasteiger partial charge is 0.269 e. The van der Waals surface area contributed by atoms with Crippen LogP contribution in [0.25, 0.3) is 11.4 Å². The van der Waals surface area contributed by atoms with Crippen molar-refractivity contribution >= 4 is 17.5 Å².